The molecular formula is C13H19FN4O. The predicted octanol–water partition coefficient (Wildman–Crippen LogP) is 1.85. The second-order valence-electron chi connectivity index (χ2n) is 4.42. The maximum atomic E-state index is 13.0. The van der Waals surface area contributed by atoms with Gasteiger partial charge in [0.05, 0.1) is 12.3 Å². The Morgan fingerprint density at radius 3 is 3.00 bits per heavy atom. The molecule has 0 amide bonds. The smallest absolute Gasteiger partial charge is 0.141 e. The van der Waals surface area contributed by atoms with Gasteiger partial charge in [-0.05, 0) is 24.6 Å². The molecule has 1 rings (SSSR count). The number of hydrogen-bond acceptors (Lipinski definition) is 5. The van der Waals surface area contributed by atoms with Crippen LogP contribution in [0.5, 0.6) is 0 Å². The molecule has 0 fully saturated rings. The molecular weight excluding hydrogens is 247 g/mol. The van der Waals surface area contributed by atoms with Crippen molar-refractivity contribution < 1.29 is 9.23 Å². The van der Waals surface area contributed by atoms with Crippen molar-refractivity contribution >= 4 is 5.71 Å². The van der Waals surface area contributed by atoms with E-state index in [0.29, 0.717) is 18.7 Å². The summed E-state index contributed by atoms with van der Waals surface area (Å²) in [4.78, 5) is 10.2. The van der Waals surface area contributed by atoms with Gasteiger partial charge in [-0.2, -0.15) is 0 Å². The Labute approximate surface area is 112 Å². The van der Waals surface area contributed by atoms with E-state index in [1.807, 2.05) is 11.9 Å². The molecule has 19 heavy (non-hydrogen) atoms. The van der Waals surface area contributed by atoms with Crippen molar-refractivity contribution in [3.05, 3.63) is 42.1 Å². The second kappa shape index (κ2) is 7.60. The van der Waals surface area contributed by atoms with Gasteiger partial charge in [-0.1, -0.05) is 0 Å². The van der Waals surface area contributed by atoms with Crippen molar-refractivity contribution in [2.24, 2.45) is 5.90 Å². The van der Waals surface area contributed by atoms with Gasteiger partial charge in [0.25, 0.3) is 0 Å². The number of nitrogens with zero attached hydrogens (tertiary/aromatic N) is 2. The summed E-state index contributed by atoms with van der Waals surface area (Å²) in [5.74, 6) is 4.67. The van der Waals surface area contributed by atoms with Crippen LogP contribution in [0.15, 0.2) is 30.7 Å². The van der Waals surface area contributed by atoms with Gasteiger partial charge in [0.15, 0.2) is 0 Å². The van der Waals surface area contributed by atoms with E-state index in [-0.39, 0.29) is 11.9 Å². The lowest BCUT2D eigenvalue weighted by Gasteiger charge is -2.14. The minimum Gasteiger partial charge on any atom is -0.376 e. The molecule has 1 unspecified atom stereocenters. The van der Waals surface area contributed by atoms with Gasteiger partial charge in [0, 0.05) is 38.1 Å². The van der Waals surface area contributed by atoms with E-state index in [1.54, 1.807) is 25.4 Å². The van der Waals surface area contributed by atoms with Gasteiger partial charge < -0.3 is 15.1 Å². The molecule has 0 aliphatic heterocycles. The van der Waals surface area contributed by atoms with Crippen molar-refractivity contribution in [2.45, 2.75) is 26.0 Å². The maximum Gasteiger partial charge on any atom is 0.141 e. The topological polar surface area (TPSA) is 75.2 Å². The molecule has 1 aromatic rings. The summed E-state index contributed by atoms with van der Waals surface area (Å²) >= 11 is 0. The van der Waals surface area contributed by atoms with E-state index in [2.05, 4.69) is 9.82 Å². The van der Waals surface area contributed by atoms with E-state index in [0.717, 1.165) is 5.56 Å². The Bertz CT molecular complexity index is 450. The van der Waals surface area contributed by atoms with Crippen LogP contribution >= 0.6 is 0 Å². The Balaban J connectivity index is 2.46. The molecule has 0 bridgehead atoms. The minimum absolute atomic E-state index is 0.185. The third kappa shape index (κ3) is 6.08. The van der Waals surface area contributed by atoms with E-state index in [4.69, 9.17) is 11.3 Å². The standard InChI is InChI=1S/C13H19FN4O/c1-10(19-16)5-13(15)3-4-18(2)9-11-6-12(14)8-17-7-11/h3-4,6-8,10,15H,5,9,16H2,1-2H3/b4-3+,15-13?. The van der Waals surface area contributed by atoms with E-state index in [1.165, 1.54) is 12.3 Å². The van der Waals surface area contributed by atoms with Crippen LogP contribution in [-0.4, -0.2) is 28.7 Å². The first kappa shape index (κ1) is 15.3. The zero-order valence-corrected chi connectivity index (χ0v) is 11.1. The van der Waals surface area contributed by atoms with Crippen molar-refractivity contribution in [2.75, 3.05) is 7.05 Å². The molecule has 0 saturated heterocycles. The van der Waals surface area contributed by atoms with Crippen LogP contribution in [0.25, 0.3) is 0 Å². The summed E-state index contributed by atoms with van der Waals surface area (Å²) in [5, 5.41) is 7.71. The van der Waals surface area contributed by atoms with Crippen LogP contribution in [-0.2, 0) is 11.4 Å². The minimum atomic E-state index is -0.350. The van der Waals surface area contributed by atoms with Crippen LogP contribution in [0.2, 0.25) is 0 Å². The van der Waals surface area contributed by atoms with Crippen LogP contribution in [0.3, 0.4) is 0 Å². The molecule has 1 atom stereocenters. The molecule has 1 aromatic heterocycles. The fourth-order valence-electron chi connectivity index (χ4n) is 1.53. The van der Waals surface area contributed by atoms with E-state index < -0.39 is 0 Å². The number of nitrogens with one attached hydrogen (secondary N) is 1. The number of halogens is 1. The van der Waals surface area contributed by atoms with Crippen LogP contribution in [0.1, 0.15) is 18.9 Å². The fraction of sp³-hybridized carbons (Fsp3) is 0.385. The van der Waals surface area contributed by atoms with Crippen molar-refractivity contribution in [3.8, 4) is 0 Å². The van der Waals surface area contributed by atoms with E-state index in [9.17, 15) is 4.39 Å². The predicted molar refractivity (Wildman–Crippen MR) is 71.9 cm³/mol. The maximum absolute atomic E-state index is 13.0. The van der Waals surface area contributed by atoms with Gasteiger partial charge in [-0.15, -0.1) is 0 Å². The number of rotatable bonds is 7. The molecule has 5 nitrogen and oxygen atoms in total. The highest BCUT2D eigenvalue weighted by Crippen LogP contribution is 2.05. The highest BCUT2D eigenvalue weighted by molar-refractivity contribution is 5.92. The van der Waals surface area contributed by atoms with Crippen molar-refractivity contribution in [3.63, 3.8) is 0 Å². The molecule has 1 heterocycles. The Kier molecular flexibility index (Phi) is 6.11. The van der Waals surface area contributed by atoms with Gasteiger partial charge in [-0.25, -0.2) is 10.3 Å². The van der Waals surface area contributed by atoms with Crippen molar-refractivity contribution in [1.82, 2.24) is 9.88 Å². The summed E-state index contributed by atoms with van der Waals surface area (Å²) in [6, 6.07) is 1.44. The lowest BCUT2D eigenvalue weighted by molar-refractivity contribution is 0.0719. The first-order valence-corrected chi connectivity index (χ1v) is 5.92. The van der Waals surface area contributed by atoms with E-state index >= 15 is 0 Å². The number of aromatic nitrogens is 1. The Morgan fingerprint density at radius 2 is 2.37 bits per heavy atom. The summed E-state index contributed by atoms with van der Waals surface area (Å²) in [5.41, 5.74) is 1.19. The molecule has 0 aliphatic carbocycles. The first-order chi connectivity index (χ1) is 9.01. The normalized spacial score (nSPS) is 12.6. The largest absolute Gasteiger partial charge is 0.376 e. The molecule has 0 aliphatic rings. The zero-order chi connectivity index (χ0) is 14.3. The summed E-state index contributed by atoms with van der Waals surface area (Å²) < 4.78 is 13.0. The lowest BCUT2D eigenvalue weighted by atomic mass is 10.2. The number of hydrogen-bond donors (Lipinski definition) is 2. The van der Waals surface area contributed by atoms with Gasteiger partial charge in [0.2, 0.25) is 0 Å². The molecule has 104 valence electrons. The summed E-state index contributed by atoms with van der Waals surface area (Å²) in [6.07, 6.45) is 6.47. The SMILES string of the molecule is CC(CC(=N)/C=C/N(C)Cc1cncc(F)c1)ON. The Hall–Kier alpha value is -1.79. The molecule has 0 radical (unpaired) electrons. The highest BCUT2D eigenvalue weighted by atomic mass is 19.1. The number of allylic oxidation sites excluding steroid dienone is 1. The third-order valence-corrected chi connectivity index (χ3v) is 2.46. The molecule has 0 saturated carbocycles. The van der Waals surface area contributed by atoms with Gasteiger partial charge in [-0.3, -0.25) is 4.98 Å². The third-order valence-electron chi connectivity index (χ3n) is 2.46. The second-order valence-corrected chi connectivity index (χ2v) is 4.42. The lowest BCUT2D eigenvalue weighted by Crippen LogP contribution is -2.17. The monoisotopic (exact) mass is 266 g/mol. The average Bonchev–Trinajstić information content (AvgIpc) is 2.36. The van der Waals surface area contributed by atoms with Gasteiger partial charge in [0.1, 0.15) is 5.82 Å². The van der Waals surface area contributed by atoms with Crippen LogP contribution < -0.4 is 5.90 Å². The molecule has 6 heteroatoms. The molecule has 0 spiro atoms. The van der Waals surface area contributed by atoms with Crippen molar-refractivity contribution in [1.29, 1.82) is 5.41 Å². The average molecular weight is 266 g/mol. The quantitative estimate of drug-likeness (QED) is 0.583. The highest BCUT2D eigenvalue weighted by Gasteiger charge is 2.03. The van der Waals surface area contributed by atoms with Crippen LogP contribution in [0, 0.1) is 11.2 Å². The fourth-order valence-corrected chi connectivity index (χ4v) is 1.53. The Morgan fingerprint density at radius 1 is 1.63 bits per heavy atom. The number of nitrogens with two attached hydrogens (primary N) is 1. The first-order valence-electron chi connectivity index (χ1n) is 5.92. The summed E-state index contributed by atoms with van der Waals surface area (Å²) in [6.45, 7) is 2.32. The zero-order valence-electron chi connectivity index (χ0n) is 11.1. The van der Waals surface area contributed by atoms with Crippen LogP contribution in [0.4, 0.5) is 4.39 Å². The number of pyridine rings is 1. The van der Waals surface area contributed by atoms with Gasteiger partial charge >= 0.3 is 0 Å². The molecule has 3 N–H and O–H groups in total. The summed E-state index contributed by atoms with van der Waals surface area (Å²) in [7, 11) is 1.84. The molecule has 0 aromatic carbocycles.